The van der Waals surface area contributed by atoms with Crippen LogP contribution in [0.1, 0.15) is 0 Å². The monoisotopic (exact) mass is 320 g/mol. The van der Waals surface area contributed by atoms with E-state index in [4.69, 9.17) is 9.05 Å². The van der Waals surface area contributed by atoms with Crippen molar-refractivity contribution in [1.29, 1.82) is 0 Å². The van der Waals surface area contributed by atoms with Crippen LogP contribution in [-0.2, 0) is 0 Å². The number of hydrogen-bond donors (Lipinski definition) is 1. The Bertz CT molecular complexity index is 532. The minimum absolute atomic E-state index is 0.573. The molecule has 0 unspecified atom stereocenters. The van der Waals surface area contributed by atoms with Crippen LogP contribution in [0.5, 0.6) is 11.5 Å². The summed E-state index contributed by atoms with van der Waals surface area (Å²) >= 11 is 0. The second-order valence-corrected chi connectivity index (χ2v) is 6.04. The fourth-order valence-corrected chi connectivity index (χ4v) is 2.45. The van der Waals surface area contributed by atoms with E-state index in [2.05, 4.69) is 0 Å². The molecule has 0 aliphatic heterocycles. The first-order valence-corrected chi connectivity index (χ1v) is 7.98. The molecule has 0 saturated heterocycles. The molecule has 0 amide bonds. The van der Waals surface area contributed by atoms with Gasteiger partial charge in [-0.1, -0.05) is 0 Å². The molecule has 0 saturated carbocycles. The van der Waals surface area contributed by atoms with Gasteiger partial charge in [-0.3, -0.25) is 0 Å². The van der Waals surface area contributed by atoms with Crippen LogP contribution < -0.4 is 18.8 Å². The van der Waals surface area contributed by atoms with Crippen molar-refractivity contribution in [3.63, 3.8) is 0 Å². The van der Waals surface area contributed by atoms with Crippen LogP contribution in [0, 0.1) is 0 Å². The molecule has 0 heterocycles. The molecule has 0 spiro atoms. The van der Waals surface area contributed by atoms with Gasteiger partial charge in [0.15, 0.2) is 0 Å². The van der Waals surface area contributed by atoms with Crippen molar-refractivity contribution in [3.05, 3.63) is 48.5 Å². The summed E-state index contributed by atoms with van der Waals surface area (Å²) in [5.74, 6) is 1.15. The number of rotatable bonds is 6. The first kappa shape index (κ1) is 16.4. The van der Waals surface area contributed by atoms with E-state index in [-0.39, 0.29) is 0 Å². The van der Waals surface area contributed by atoms with Crippen molar-refractivity contribution in [3.8, 4) is 11.5 Å². The van der Waals surface area contributed by atoms with Crippen LogP contribution in [0.2, 0.25) is 0 Å². The summed E-state index contributed by atoms with van der Waals surface area (Å²) in [6.07, 6.45) is 0. The standard InChI is InChI=1S/C16H21N2O3P/c1-17(2)13-5-9-15(10-6-13)20-22(19)21-16-11-7-14(8-12-16)18(3)4/h5-12,19H,1-4H3. The second kappa shape index (κ2) is 7.34. The molecule has 0 aliphatic carbocycles. The van der Waals surface area contributed by atoms with E-state index in [1.807, 2.05) is 62.3 Å². The SMILES string of the molecule is CN(C)c1ccc(OP(O)Oc2ccc(N(C)C)cc2)cc1. The lowest BCUT2D eigenvalue weighted by molar-refractivity contribution is 0.382. The van der Waals surface area contributed by atoms with Gasteiger partial charge in [0.1, 0.15) is 11.5 Å². The Morgan fingerprint density at radius 1 is 0.682 bits per heavy atom. The van der Waals surface area contributed by atoms with E-state index in [0.29, 0.717) is 11.5 Å². The Balaban J connectivity index is 1.93. The average molecular weight is 320 g/mol. The summed E-state index contributed by atoms with van der Waals surface area (Å²) < 4.78 is 10.8. The molecular weight excluding hydrogens is 299 g/mol. The zero-order valence-electron chi connectivity index (χ0n) is 13.2. The van der Waals surface area contributed by atoms with E-state index in [9.17, 15) is 4.89 Å². The van der Waals surface area contributed by atoms with Crippen LogP contribution in [0.15, 0.2) is 48.5 Å². The maximum atomic E-state index is 9.91. The molecule has 2 aromatic rings. The Morgan fingerprint density at radius 3 is 1.27 bits per heavy atom. The molecule has 0 fully saturated rings. The van der Waals surface area contributed by atoms with Crippen LogP contribution in [0.3, 0.4) is 0 Å². The molecule has 2 rings (SSSR count). The molecule has 118 valence electrons. The van der Waals surface area contributed by atoms with Crippen LogP contribution in [-0.4, -0.2) is 33.1 Å². The molecule has 2 aromatic carbocycles. The van der Waals surface area contributed by atoms with Gasteiger partial charge in [-0.2, -0.15) is 0 Å². The van der Waals surface area contributed by atoms with E-state index in [0.717, 1.165) is 11.4 Å². The largest absolute Gasteiger partial charge is 0.460 e. The molecule has 1 N–H and O–H groups in total. The molecule has 0 atom stereocenters. The zero-order valence-corrected chi connectivity index (χ0v) is 14.1. The first-order valence-electron chi connectivity index (χ1n) is 6.85. The summed E-state index contributed by atoms with van der Waals surface area (Å²) in [6, 6.07) is 14.9. The van der Waals surface area contributed by atoms with E-state index < -0.39 is 8.60 Å². The van der Waals surface area contributed by atoms with Crippen molar-refractivity contribution in [2.75, 3.05) is 38.0 Å². The number of nitrogens with zero attached hydrogens (tertiary/aromatic N) is 2. The van der Waals surface area contributed by atoms with E-state index in [1.54, 1.807) is 24.3 Å². The lowest BCUT2D eigenvalue weighted by atomic mass is 10.3. The molecular formula is C16H21N2O3P. The third-order valence-corrected chi connectivity index (χ3v) is 3.81. The van der Waals surface area contributed by atoms with Crippen molar-refractivity contribution >= 4 is 20.0 Å². The highest BCUT2D eigenvalue weighted by atomic mass is 31.2. The second-order valence-electron chi connectivity index (χ2n) is 5.20. The maximum absolute atomic E-state index is 9.91. The topological polar surface area (TPSA) is 45.2 Å². The number of benzene rings is 2. The Labute approximate surface area is 132 Å². The van der Waals surface area contributed by atoms with Gasteiger partial charge in [0, 0.05) is 39.6 Å². The highest BCUT2D eigenvalue weighted by Gasteiger charge is 2.11. The van der Waals surface area contributed by atoms with Crippen LogP contribution in [0.4, 0.5) is 11.4 Å². The molecule has 0 aliphatic rings. The smallest absolute Gasteiger partial charge is 0.418 e. The summed E-state index contributed by atoms with van der Waals surface area (Å²) in [4.78, 5) is 13.9. The number of hydrogen-bond acceptors (Lipinski definition) is 5. The van der Waals surface area contributed by atoms with E-state index in [1.165, 1.54) is 0 Å². The Morgan fingerprint density at radius 2 is 1.00 bits per heavy atom. The minimum Gasteiger partial charge on any atom is -0.418 e. The molecule has 0 bridgehead atoms. The van der Waals surface area contributed by atoms with Gasteiger partial charge in [-0.25, -0.2) is 0 Å². The van der Waals surface area contributed by atoms with Gasteiger partial charge >= 0.3 is 8.60 Å². The van der Waals surface area contributed by atoms with Crippen molar-refractivity contribution in [2.45, 2.75) is 0 Å². The highest BCUT2D eigenvalue weighted by molar-refractivity contribution is 7.41. The van der Waals surface area contributed by atoms with Crippen LogP contribution >= 0.6 is 8.60 Å². The molecule has 5 nitrogen and oxygen atoms in total. The quantitative estimate of drug-likeness (QED) is 0.826. The summed E-state index contributed by atoms with van der Waals surface area (Å²) in [5, 5.41) is 0. The predicted molar refractivity (Wildman–Crippen MR) is 91.9 cm³/mol. The van der Waals surface area contributed by atoms with Gasteiger partial charge in [-0.15, -0.1) is 0 Å². The molecule has 22 heavy (non-hydrogen) atoms. The van der Waals surface area contributed by atoms with Crippen molar-refractivity contribution < 1.29 is 13.9 Å². The summed E-state index contributed by atoms with van der Waals surface area (Å²) in [5.41, 5.74) is 2.13. The fraction of sp³-hybridized carbons (Fsp3) is 0.250. The molecule has 0 aromatic heterocycles. The zero-order chi connectivity index (χ0) is 16.1. The Kier molecular flexibility index (Phi) is 5.47. The normalized spacial score (nSPS) is 10.5. The lowest BCUT2D eigenvalue weighted by Gasteiger charge is -2.16. The van der Waals surface area contributed by atoms with Gasteiger partial charge in [0.05, 0.1) is 0 Å². The van der Waals surface area contributed by atoms with Crippen molar-refractivity contribution in [1.82, 2.24) is 0 Å². The minimum atomic E-state index is -2.01. The lowest BCUT2D eigenvalue weighted by Crippen LogP contribution is -2.08. The number of anilines is 2. The third-order valence-electron chi connectivity index (χ3n) is 3.07. The Hall–Kier alpha value is -1.97. The van der Waals surface area contributed by atoms with Gasteiger partial charge in [0.2, 0.25) is 0 Å². The molecule has 6 heteroatoms. The van der Waals surface area contributed by atoms with Crippen LogP contribution in [0.25, 0.3) is 0 Å². The highest BCUT2D eigenvalue weighted by Crippen LogP contribution is 2.37. The first-order chi connectivity index (χ1) is 10.5. The maximum Gasteiger partial charge on any atom is 0.460 e. The fourth-order valence-electron chi connectivity index (χ4n) is 1.81. The summed E-state index contributed by atoms with van der Waals surface area (Å²) in [6.45, 7) is 0. The van der Waals surface area contributed by atoms with E-state index >= 15 is 0 Å². The molecule has 0 radical (unpaired) electrons. The van der Waals surface area contributed by atoms with Gasteiger partial charge in [0.25, 0.3) is 0 Å². The third kappa shape index (κ3) is 4.52. The average Bonchev–Trinajstić information content (AvgIpc) is 2.48. The summed E-state index contributed by atoms with van der Waals surface area (Å²) in [7, 11) is 5.86. The van der Waals surface area contributed by atoms with Gasteiger partial charge in [-0.05, 0) is 48.5 Å². The predicted octanol–water partition coefficient (Wildman–Crippen LogP) is 3.50. The van der Waals surface area contributed by atoms with Gasteiger partial charge < -0.3 is 23.7 Å². The van der Waals surface area contributed by atoms with Crippen molar-refractivity contribution in [2.24, 2.45) is 0 Å².